The highest BCUT2D eigenvalue weighted by Crippen LogP contribution is 2.28. The Labute approximate surface area is 155 Å². The second-order valence-corrected chi connectivity index (χ2v) is 7.76. The van der Waals surface area contributed by atoms with E-state index in [0.29, 0.717) is 11.7 Å². The summed E-state index contributed by atoms with van der Waals surface area (Å²) in [5.74, 6) is 3.66. The molecule has 1 aromatic heterocycles. The van der Waals surface area contributed by atoms with Gasteiger partial charge in [0.05, 0.1) is 6.54 Å². The summed E-state index contributed by atoms with van der Waals surface area (Å²) < 4.78 is 10.9. The van der Waals surface area contributed by atoms with E-state index >= 15 is 0 Å². The summed E-state index contributed by atoms with van der Waals surface area (Å²) in [6.45, 7) is 2.41. The molecular formula is C18H19N3O2S2. The molecule has 2 aromatic carbocycles. The van der Waals surface area contributed by atoms with E-state index in [0.717, 1.165) is 27.9 Å². The normalized spacial score (nSPS) is 10.8. The van der Waals surface area contributed by atoms with Crippen LogP contribution < -0.4 is 10.5 Å². The monoisotopic (exact) mass is 373 g/mol. The predicted molar refractivity (Wildman–Crippen MR) is 103 cm³/mol. The summed E-state index contributed by atoms with van der Waals surface area (Å²) in [5, 5.41) is 4.97. The number of nitrogens with two attached hydrogens (primary N) is 1. The third kappa shape index (κ3) is 5.01. The van der Waals surface area contributed by atoms with E-state index in [1.807, 2.05) is 59.9 Å². The number of hydrogen-bond donors (Lipinski definition) is 1. The molecule has 3 aromatic rings. The highest BCUT2D eigenvalue weighted by Gasteiger charge is 2.07. The SMILES string of the molecule is CCSCSc1ccc(Oc2ccc(-c3noc(CN)n3)cc2)cc1. The molecule has 0 unspecified atom stereocenters. The first-order chi connectivity index (χ1) is 12.3. The minimum Gasteiger partial charge on any atom is -0.457 e. The van der Waals surface area contributed by atoms with Gasteiger partial charge in [-0.25, -0.2) is 0 Å². The first kappa shape index (κ1) is 17.8. The number of rotatable bonds is 8. The van der Waals surface area contributed by atoms with Crippen LogP contribution in [0.1, 0.15) is 12.8 Å². The van der Waals surface area contributed by atoms with Crippen molar-refractivity contribution in [3.05, 3.63) is 54.4 Å². The van der Waals surface area contributed by atoms with E-state index in [1.165, 1.54) is 4.90 Å². The van der Waals surface area contributed by atoms with Crippen LogP contribution in [0.15, 0.2) is 57.9 Å². The number of aromatic nitrogens is 2. The molecule has 0 bridgehead atoms. The molecule has 0 fully saturated rings. The quantitative estimate of drug-likeness (QED) is 0.346. The van der Waals surface area contributed by atoms with Gasteiger partial charge < -0.3 is 15.0 Å². The van der Waals surface area contributed by atoms with Crippen LogP contribution in [0.3, 0.4) is 0 Å². The largest absolute Gasteiger partial charge is 0.457 e. The molecule has 0 aliphatic heterocycles. The van der Waals surface area contributed by atoms with Gasteiger partial charge in [0.1, 0.15) is 11.5 Å². The fraction of sp³-hybridized carbons (Fsp3) is 0.222. The van der Waals surface area contributed by atoms with E-state index in [2.05, 4.69) is 29.2 Å². The first-order valence-electron chi connectivity index (χ1n) is 7.90. The minimum atomic E-state index is 0.236. The van der Waals surface area contributed by atoms with E-state index < -0.39 is 0 Å². The summed E-state index contributed by atoms with van der Waals surface area (Å²) >= 11 is 3.76. The second kappa shape index (κ2) is 8.94. The van der Waals surface area contributed by atoms with Crippen LogP contribution in [0.5, 0.6) is 11.5 Å². The summed E-state index contributed by atoms with van der Waals surface area (Å²) in [7, 11) is 0. The molecule has 0 amide bonds. The van der Waals surface area contributed by atoms with E-state index in [4.69, 9.17) is 15.0 Å². The maximum absolute atomic E-state index is 5.88. The van der Waals surface area contributed by atoms with Gasteiger partial charge in [-0.3, -0.25) is 0 Å². The molecule has 0 atom stereocenters. The van der Waals surface area contributed by atoms with Gasteiger partial charge >= 0.3 is 0 Å². The van der Waals surface area contributed by atoms with Crippen molar-refractivity contribution in [2.75, 3.05) is 10.8 Å². The average molecular weight is 374 g/mol. The van der Waals surface area contributed by atoms with Gasteiger partial charge in [0.15, 0.2) is 0 Å². The molecular weight excluding hydrogens is 354 g/mol. The Morgan fingerprint density at radius 2 is 1.72 bits per heavy atom. The third-order valence-corrected chi connectivity index (χ3v) is 5.48. The molecule has 0 saturated heterocycles. The molecule has 2 N–H and O–H groups in total. The zero-order valence-corrected chi connectivity index (χ0v) is 15.5. The number of benzene rings is 2. The van der Waals surface area contributed by atoms with Crippen LogP contribution in [-0.2, 0) is 6.54 Å². The lowest BCUT2D eigenvalue weighted by Gasteiger charge is -2.07. The summed E-state index contributed by atoms with van der Waals surface area (Å²) in [6, 6.07) is 15.7. The molecule has 7 heteroatoms. The van der Waals surface area contributed by atoms with Crippen LogP contribution in [0.2, 0.25) is 0 Å². The molecule has 1 heterocycles. The van der Waals surface area contributed by atoms with Crippen LogP contribution >= 0.6 is 23.5 Å². The zero-order chi connectivity index (χ0) is 17.5. The molecule has 130 valence electrons. The van der Waals surface area contributed by atoms with Crippen LogP contribution in [-0.4, -0.2) is 21.0 Å². The number of nitrogens with zero attached hydrogens (tertiary/aromatic N) is 2. The van der Waals surface area contributed by atoms with Crippen molar-refractivity contribution in [3.8, 4) is 22.9 Å². The van der Waals surface area contributed by atoms with Crippen molar-refractivity contribution in [1.82, 2.24) is 10.1 Å². The van der Waals surface area contributed by atoms with Gasteiger partial charge in [0.25, 0.3) is 0 Å². The maximum Gasteiger partial charge on any atom is 0.240 e. The molecule has 0 radical (unpaired) electrons. The Morgan fingerprint density at radius 3 is 2.32 bits per heavy atom. The number of ether oxygens (including phenoxy) is 1. The zero-order valence-electron chi connectivity index (χ0n) is 13.8. The number of thioether (sulfide) groups is 2. The minimum absolute atomic E-state index is 0.236. The molecule has 5 nitrogen and oxygen atoms in total. The third-order valence-electron chi connectivity index (χ3n) is 3.33. The van der Waals surface area contributed by atoms with Crippen molar-refractivity contribution in [3.63, 3.8) is 0 Å². The molecule has 3 rings (SSSR count). The van der Waals surface area contributed by atoms with Crippen molar-refractivity contribution >= 4 is 23.5 Å². The van der Waals surface area contributed by atoms with Gasteiger partial charge in [-0.2, -0.15) is 16.7 Å². The Balaban J connectivity index is 1.61. The Morgan fingerprint density at radius 1 is 1.04 bits per heavy atom. The molecule has 25 heavy (non-hydrogen) atoms. The summed E-state index contributed by atoms with van der Waals surface area (Å²) in [5.41, 5.74) is 6.33. The van der Waals surface area contributed by atoms with Gasteiger partial charge in [0, 0.05) is 15.5 Å². The van der Waals surface area contributed by atoms with Crippen molar-refractivity contribution in [1.29, 1.82) is 0 Å². The molecule has 0 spiro atoms. The molecule has 0 saturated carbocycles. The fourth-order valence-corrected chi connectivity index (χ4v) is 3.93. The molecule has 0 aliphatic carbocycles. The standard InChI is InChI=1S/C18H19N3O2S2/c1-2-24-12-25-16-9-7-15(8-10-16)22-14-5-3-13(4-6-14)18-20-17(11-19)23-21-18/h3-10H,2,11-12,19H2,1H3. The highest BCUT2D eigenvalue weighted by molar-refractivity contribution is 8.16. The average Bonchev–Trinajstić information content (AvgIpc) is 3.13. The van der Waals surface area contributed by atoms with Gasteiger partial charge in [-0.1, -0.05) is 12.1 Å². The maximum atomic E-state index is 5.88. The van der Waals surface area contributed by atoms with Crippen molar-refractivity contribution < 1.29 is 9.26 Å². The fourth-order valence-electron chi connectivity index (χ4n) is 2.06. The topological polar surface area (TPSA) is 74.2 Å². The van der Waals surface area contributed by atoms with Crippen LogP contribution in [0.4, 0.5) is 0 Å². The lowest BCUT2D eigenvalue weighted by molar-refractivity contribution is 0.380. The first-order valence-corrected chi connectivity index (χ1v) is 10.0. The van der Waals surface area contributed by atoms with Crippen LogP contribution in [0, 0.1) is 0 Å². The smallest absolute Gasteiger partial charge is 0.240 e. The van der Waals surface area contributed by atoms with Gasteiger partial charge in [-0.05, 0) is 54.3 Å². The predicted octanol–water partition coefficient (Wildman–Crippen LogP) is 4.79. The lowest BCUT2D eigenvalue weighted by Crippen LogP contribution is -1.95. The van der Waals surface area contributed by atoms with Crippen molar-refractivity contribution in [2.45, 2.75) is 18.4 Å². The number of hydrogen-bond acceptors (Lipinski definition) is 7. The van der Waals surface area contributed by atoms with Crippen molar-refractivity contribution in [2.24, 2.45) is 5.73 Å². The Kier molecular flexibility index (Phi) is 6.38. The van der Waals surface area contributed by atoms with Gasteiger partial charge in [0.2, 0.25) is 11.7 Å². The van der Waals surface area contributed by atoms with Gasteiger partial charge in [-0.15, -0.1) is 11.8 Å². The highest BCUT2D eigenvalue weighted by atomic mass is 32.2. The Hall–Kier alpha value is -1.96. The second-order valence-electron chi connectivity index (χ2n) is 5.07. The van der Waals surface area contributed by atoms with E-state index in [-0.39, 0.29) is 6.54 Å². The Bertz CT molecular complexity index is 789. The van der Waals surface area contributed by atoms with Crippen LogP contribution in [0.25, 0.3) is 11.4 Å². The molecule has 0 aliphatic rings. The summed E-state index contributed by atoms with van der Waals surface area (Å²) in [6.07, 6.45) is 0. The lowest BCUT2D eigenvalue weighted by atomic mass is 10.2. The van der Waals surface area contributed by atoms with E-state index in [9.17, 15) is 0 Å². The van der Waals surface area contributed by atoms with E-state index in [1.54, 1.807) is 0 Å². The summed E-state index contributed by atoms with van der Waals surface area (Å²) in [4.78, 5) is 5.45.